The topological polar surface area (TPSA) is 63.7 Å². The maximum Gasteiger partial charge on any atom is 0.311 e. The molecule has 4 atom stereocenters. The molecule has 2 fully saturated rings. The lowest BCUT2D eigenvalue weighted by atomic mass is 9.81. The number of anilines is 1. The van der Waals surface area contributed by atoms with Crippen LogP contribution in [0.1, 0.15) is 71.1 Å². The van der Waals surface area contributed by atoms with Gasteiger partial charge in [-0.1, -0.05) is 77.3 Å². The first-order chi connectivity index (χ1) is 14.9. The Kier molecular flexibility index (Phi) is 9.14. The van der Waals surface area contributed by atoms with Gasteiger partial charge in [-0.25, -0.2) is 0 Å². The van der Waals surface area contributed by atoms with Gasteiger partial charge in [-0.3, -0.25) is 19.3 Å². The van der Waals surface area contributed by atoms with E-state index in [9.17, 15) is 14.4 Å². The van der Waals surface area contributed by atoms with E-state index in [0.717, 1.165) is 19.3 Å². The first-order valence-corrected chi connectivity index (χ1v) is 13.2. The van der Waals surface area contributed by atoms with Crippen LogP contribution in [0, 0.1) is 11.8 Å². The van der Waals surface area contributed by atoms with E-state index in [4.69, 9.17) is 4.74 Å². The molecule has 1 aromatic carbocycles. The third-order valence-electron chi connectivity index (χ3n) is 6.22. The Hall–Kier alpha value is -1.21. The number of imide groups is 1. The van der Waals surface area contributed by atoms with Crippen LogP contribution in [-0.2, 0) is 14.4 Å². The molecule has 1 saturated carbocycles. The fourth-order valence-electron chi connectivity index (χ4n) is 4.42. The van der Waals surface area contributed by atoms with Gasteiger partial charge in [-0.05, 0) is 43.5 Å². The van der Waals surface area contributed by atoms with Crippen LogP contribution in [0.15, 0.2) is 24.3 Å². The van der Waals surface area contributed by atoms with E-state index >= 15 is 0 Å². The number of carbonyl (C=O) groups excluding carboxylic acids is 3. The van der Waals surface area contributed by atoms with Gasteiger partial charge in [0.15, 0.2) is 0 Å². The van der Waals surface area contributed by atoms with Crippen molar-refractivity contribution in [2.24, 2.45) is 11.8 Å². The zero-order chi connectivity index (χ0) is 22.4. The second-order valence-corrected chi connectivity index (χ2v) is 10.9. The number of benzene rings is 1. The summed E-state index contributed by atoms with van der Waals surface area (Å²) in [6.45, 7) is 2.20. The minimum atomic E-state index is -0.273. The van der Waals surface area contributed by atoms with Crippen molar-refractivity contribution in [1.29, 1.82) is 0 Å². The zero-order valence-electron chi connectivity index (χ0n) is 18.0. The minimum Gasteiger partial charge on any atom is -0.427 e. The minimum absolute atomic E-state index is 0.137. The molecule has 5 nitrogen and oxygen atoms in total. The number of ether oxygens (including phenoxy) is 1. The largest absolute Gasteiger partial charge is 0.427 e. The number of carbonyl (C=O) groups is 3. The first-order valence-electron chi connectivity index (χ1n) is 11.4. The van der Waals surface area contributed by atoms with Crippen molar-refractivity contribution >= 4 is 55.3 Å². The highest BCUT2D eigenvalue weighted by molar-refractivity contribution is 9.12. The summed E-state index contributed by atoms with van der Waals surface area (Å²) in [5, 5.41) is 0. The molecular formula is C24H31Br2NO4. The maximum absolute atomic E-state index is 12.9. The second-order valence-electron chi connectivity index (χ2n) is 8.57. The molecule has 1 aliphatic carbocycles. The summed E-state index contributed by atoms with van der Waals surface area (Å²) in [4.78, 5) is 39.5. The third kappa shape index (κ3) is 6.19. The molecule has 1 saturated heterocycles. The van der Waals surface area contributed by atoms with Gasteiger partial charge in [0.2, 0.25) is 11.8 Å². The summed E-state index contributed by atoms with van der Waals surface area (Å²) in [6.07, 6.45) is 9.76. The number of hydrogen-bond donors (Lipinski definition) is 0. The van der Waals surface area contributed by atoms with Gasteiger partial charge in [0.25, 0.3) is 0 Å². The average Bonchev–Trinajstić information content (AvgIpc) is 2.98. The molecule has 1 heterocycles. The van der Waals surface area contributed by atoms with Gasteiger partial charge in [-0.2, -0.15) is 0 Å². The standard InChI is InChI=1S/C24H31Br2NO4/c1-2-3-4-5-6-7-8-9-22(28)31-17-12-10-16(11-13-17)27-23(29)18-14-20(25)21(26)15-19(18)24(27)30/h10-13,18-21H,2-9,14-15H2,1H3/t18-,19-,20-,21+/m1/s1. The summed E-state index contributed by atoms with van der Waals surface area (Å²) < 4.78 is 5.41. The summed E-state index contributed by atoms with van der Waals surface area (Å²) in [6, 6.07) is 6.67. The van der Waals surface area contributed by atoms with E-state index in [0.29, 0.717) is 30.7 Å². The number of fused-ring (bicyclic) bond motifs is 1. The molecule has 0 aromatic heterocycles. The average molecular weight is 557 g/mol. The van der Waals surface area contributed by atoms with Gasteiger partial charge in [-0.15, -0.1) is 0 Å². The molecule has 0 bridgehead atoms. The van der Waals surface area contributed by atoms with Crippen molar-refractivity contribution < 1.29 is 19.1 Å². The van der Waals surface area contributed by atoms with Crippen LogP contribution < -0.4 is 9.64 Å². The smallest absolute Gasteiger partial charge is 0.311 e. The normalized spacial score (nSPS) is 25.6. The molecule has 2 amide bonds. The number of esters is 1. The zero-order valence-corrected chi connectivity index (χ0v) is 21.2. The lowest BCUT2D eigenvalue weighted by Gasteiger charge is -2.29. The van der Waals surface area contributed by atoms with Crippen molar-refractivity contribution in [3.63, 3.8) is 0 Å². The molecular weight excluding hydrogens is 526 g/mol. The molecule has 1 aliphatic heterocycles. The van der Waals surface area contributed by atoms with Crippen molar-refractivity contribution in [3.05, 3.63) is 24.3 Å². The molecule has 3 rings (SSSR count). The summed E-state index contributed by atoms with van der Waals surface area (Å²) in [5.74, 6) is -0.623. The van der Waals surface area contributed by atoms with Crippen LogP contribution in [0.5, 0.6) is 5.75 Å². The lowest BCUT2D eigenvalue weighted by Crippen LogP contribution is -2.34. The van der Waals surface area contributed by atoms with Crippen LogP contribution >= 0.6 is 31.9 Å². The number of hydrogen-bond acceptors (Lipinski definition) is 4. The van der Waals surface area contributed by atoms with E-state index in [-0.39, 0.29) is 39.3 Å². The summed E-state index contributed by atoms with van der Waals surface area (Å²) in [7, 11) is 0. The fourth-order valence-corrected chi connectivity index (χ4v) is 5.66. The van der Waals surface area contributed by atoms with Crippen LogP contribution in [0.25, 0.3) is 0 Å². The Labute approximate surface area is 201 Å². The number of rotatable bonds is 10. The van der Waals surface area contributed by atoms with E-state index in [1.165, 1.54) is 30.6 Å². The third-order valence-corrected chi connectivity index (χ3v) is 8.96. The van der Waals surface area contributed by atoms with Crippen LogP contribution in [0.2, 0.25) is 0 Å². The molecule has 7 heteroatoms. The lowest BCUT2D eigenvalue weighted by molar-refractivity contribution is -0.134. The SMILES string of the molecule is CCCCCCCCCC(=O)Oc1ccc(N2C(=O)[C@@H]3C[C@@H](Br)[C@@H](Br)C[C@H]3C2=O)cc1. The van der Waals surface area contributed by atoms with E-state index in [1.54, 1.807) is 24.3 Å². The van der Waals surface area contributed by atoms with Crippen LogP contribution in [0.4, 0.5) is 5.69 Å². The Morgan fingerprint density at radius 2 is 1.42 bits per heavy atom. The summed E-state index contributed by atoms with van der Waals surface area (Å²) in [5.41, 5.74) is 0.536. The van der Waals surface area contributed by atoms with Crippen molar-refractivity contribution in [2.45, 2.75) is 80.8 Å². The predicted octanol–water partition coefficient (Wildman–Crippen LogP) is 6.16. The van der Waals surface area contributed by atoms with Gasteiger partial charge in [0.05, 0.1) is 17.5 Å². The Morgan fingerprint density at radius 3 is 1.97 bits per heavy atom. The van der Waals surface area contributed by atoms with Gasteiger partial charge >= 0.3 is 5.97 Å². The Bertz CT molecular complexity index is 754. The first kappa shape index (κ1) is 24.4. The van der Waals surface area contributed by atoms with Crippen molar-refractivity contribution in [3.8, 4) is 5.75 Å². The number of nitrogens with zero attached hydrogens (tertiary/aromatic N) is 1. The Morgan fingerprint density at radius 1 is 0.903 bits per heavy atom. The quantitative estimate of drug-likeness (QED) is 0.114. The van der Waals surface area contributed by atoms with Crippen LogP contribution in [0.3, 0.4) is 0 Å². The molecule has 0 unspecified atom stereocenters. The molecule has 1 aromatic rings. The molecule has 31 heavy (non-hydrogen) atoms. The van der Waals surface area contributed by atoms with Crippen molar-refractivity contribution in [1.82, 2.24) is 0 Å². The Balaban J connectivity index is 1.49. The summed E-state index contributed by atoms with van der Waals surface area (Å²) >= 11 is 7.21. The number of unbranched alkanes of at least 4 members (excludes halogenated alkanes) is 6. The monoisotopic (exact) mass is 555 g/mol. The molecule has 0 radical (unpaired) electrons. The second kappa shape index (κ2) is 11.6. The molecule has 170 valence electrons. The van der Waals surface area contributed by atoms with Crippen molar-refractivity contribution in [2.75, 3.05) is 4.90 Å². The fraction of sp³-hybridized carbons (Fsp3) is 0.625. The van der Waals surface area contributed by atoms with Gasteiger partial charge in [0, 0.05) is 16.1 Å². The molecule has 2 aliphatic rings. The van der Waals surface area contributed by atoms with Gasteiger partial charge < -0.3 is 4.74 Å². The molecule has 0 N–H and O–H groups in total. The maximum atomic E-state index is 12.9. The van der Waals surface area contributed by atoms with E-state index in [2.05, 4.69) is 38.8 Å². The van der Waals surface area contributed by atoms with E-state index < -0.39 is 0 Å². The van der Waals surface area contributed by atoms with E-state index in [1.807, 2.05) is 0 Å². The number of halogens is 2. The van der Waals surface area contributed by atoms with Gasteiger partial charge in [0.1, 0.15) is 5.75 Å². The number of amides is 2. The highest BCUT2D eigenvalue weighted by Gasteiger charge is 2.52. The highest BCUT2D eigenvalue weighted by atomic mass is 79.9. The molecule has 0 spiro atoms. The highest BCUT2D eigenvalue weighted by Crippen LogP contribution is 2.44. The number of alkyl halides is 2. The predicted molar refractivity (Wildman–Crippen MR) is 129 cm³/mol. The van der Waals surface area contributed by atoms with Crippen LogP contribution in [-0.4, -0.2) is 27.4 Å².